The van der Waals surface area contributed by atoms with E-state index in [9.17, 15) is 18.0 Å². The zero-order valence-electron chi connectivity index (χ0n) is 18.2. The van der Waals surface area contributed by atoms with Crippen molar-refractivity contribution in [2.24, 2.45) is 0 Å². The number of carbonyl (C=O) groups is 2. The summed E-state index contributed by atoms with van der Waals surface area (Å²) in [7, 11) is -3.58. The molecule has 4 rings (SSSR count). The second-order valence-corrected chi connectivity index (χ2v) is 9.87. The van der Waals surface area contributed by atoms with Gasteiger partial charge in [-0.3, -0.25) is 14.5 Å². The van der Waals surface area contributed by atoms with Crippen LogP contribution in [-0.2, 0) is 26.0 Å². The van der Waals surface area contributed by atoms with E-state index in [1.54, 1.807) is 30.3 Å². The average molecular weight is 458 g/mol. The van der Waals surface area contributed by atoms with Gasteiger partial charge >= 0.3 is 0 Å². The Hall–Kier alpha value is -2.91. The third kappa shape index (κ3) is 4.10. The van der Waals surface area contributed by atoms with E-state index in [1.807, 2.05) is 13.0 Å². The smallest absolute Gasteiger partial charge is 0.248 e. The molecule has 2 aliphatic heterocycles. The molecule has 0 radical (unpaired) electrons. The van der Waals surface area contributed by atoms with Gasteiger partial charge in [0.25, 0.3) is 0 Å². The van der Waals surface area contributed by atoms with Crippen LogP contribution in [0.2, 0.25) is 0 Å². The van der Waals surface area contributed by atoms with Gasteiger partial charge in [0.15, 0.2) is 0 Å². The molecule has 170 valence electrons. The number of rotatable bonds is 6. The maximum Gasteiger partial charge on any atom is 0.248 e. The molecular formula is C23H27N3O5S. The largest absolute Gasteiger partial charge is 0.492 e. The van der Waals surface area contributed by atoms with Crippen molar-refractivity contribution in [3.63, 3.8) is 0 Å². The van der Waals surface area contributed by atoms with Crippen molar-refractivity contribution < 1.29 is 22.7 Å². The van der Waals surface area contributed by atoms with E-state index in [4.69, 9.17) is 4.74 Å². The number of hydrogen-bond acceptors (Lipinski definition) is 5. The van der Waals surface area contributed by atoms with Gasteiger partial charge < -0.3 is 10.1 Å². The van der Waals surface area contributed by atoms with Crippen LogP contribution in [0.4, 0.5) is 11.4 Å². The van der Waals surface area contributed by atoms with Gasteiger partial charge in [0.2, 0.25) is 21.8 Å². The number of fused-ring (bicyclic) bond motifs is 1. The summed E-state index contributed by atoms with van der Waals surface area (Å²) < 4.78 is 33.0. The van der Waals surface area contributed by atoms with E-state index in [1.165, 1.54) is 22.2 Å². The van der Waals surface area contributed by atoms with E-state index in [-0.39, 0.29) is 23.1 Å². The maximum atomic E-state index is 13.2. The second-order valence-electron chi connectivity index (χ2n) is 7.93. The highest BCUT2D eigenvalue weighted by Crippen LogP contribution is 2.36. The maximum absolute atomic E-state index is 13.2. The minimum Gasteiger partial charge on any atom is -0.492 e. The molecular weight excluding hydrogens is 430 g/mol. The summed E-state index contributed by atoms with van der Waals surface area (Å²) in [4.78, 5) is 27.2. The van der Waals surface area contributed by atoms with Crippen LogP contribution < -0.4 is 15.0 Å². The van der Waals surface area contributed by atoms with Crippen LogP contribution in [0.25, 0.3) is 0 Å². The van der Waals surface area contributed by atoms with Crippen molar-refractivity contribution in [1.82, 2.24) is 4.31 Å². The van der Waals surface area contributed by atoms with E-state index in [2.05, 4.69) is 5.32 Å². The molecule has 0 aliphatic carbocycles. The van der Waals surface area contributed by atoms with Gasteiger partial charge in [-0.1, -0.05) is 12.1 Å². The topological polar surface area (TPSA) is 96.0 Å². The number of sulfonamides is 1. The Morgan fingerprint density at radius 3 is 2.53 bits per heavy atom. The van der Waals surface area contributed by atoms with Crippen molar-refractivity contribution in [3.05, 3.63) is 48.0 Å². The molecule has 9 heteroatoms. The normalized spacial score (nSPS) is 18.4. The Kier molecular flexibility index (Phi) is 6.21. The van der Waals surface area contributed by atoms with Gasteiger partial charge in [-0.05, 0) is 55.7 Å². The predicted molar refractivity (Wildman–Crippen MR) is 121 cm³/mol. The molecule has 1 saturated heterocycles. The molecule has 0 aromatic heterocycles. The molecule has 2 aliphatic rings. The fourth-order valence-corrected chi connectivity index (χ4v) is 5.90. The minimum atomic E-state index is -3.58. The third-order valence-corrected chi connectivity index (χ3v) is 7.72. The molecule has 2 amide bonds. The molecule has 2 aromatic rings. The van der Waals surface area contributed by atoms with Crippen LogP contribution in [0.3, 0.4) is 0 Å². The van der Waals surface area contributed by atoms with Gasteiger partial charge in [0, 0.05) is 32.1 Å². The zero-order chi connectivity index (χ0) is 22.9. The Morgan fingerprint density at radius 1 is 1.12 bits per heavy atom. The molecule has 1 atom stereocenters. The first kappa shape index (κ1) is 22.3. The average Bonchev–Trinajstić information content (AvgIpc) is 3.43. The van der Waals surface area contributed by atoms with Crippen LogP contribution in [0.15, 0.2) is 47.4 Å². The summed E-state index contributed by atoms with van der Waals surface area (Å²) in [6, 6.07) is 11.1. The number of amides is 2. The Labute approximate surface area is 188 Å². The lowest BCUT2D eigenvalue weighted by Crippen LogP contribution is -2.44. The van der Waals surface area contributed by atoms with Gasteiger partial charge in [-0.2, -0.15) is 4.31 Å². The van der Waals surface area contributed by atoms with Crippen molar-refractivity contribution >= 4 is 33.2 Å². The van der Waals surface area contributed by atoms with Gasteiger partial charge in [-0.25, -0.2) is 8.42 Å². The van der Waals surface area contributed by atoms with Gasteiger partial charge in [-0.15, -0.1) is 0 Å². The lowest BCUT2D eigenvalue weighted by atomic mass is 10.1. The summed E-state index contributed by atoms with van der Waals surface area (Å²) in [6.45, 7) is 4.75. The summed E-state index contributed by atoms with van der Waals surface area (Å²) in [6.07, 6.45) is 1.95. The highest BCUT2D eigenvalue weighted by atomic mass is 32.2. The van der Waals surface area contributed by atoms with Crippen LogP contribution >= 0.6 is 0 Å². The second kappa shape index (κ2) is 8.91. The number of nitrogens with zero attached hydrogens (tertiary/aromatic N) is 2. The molecule has 1 N–H and O–H groups in total. The Bertz CT molecular complexity index is 1140. The predicted octanol–water partition coefficient (Wildman–Crippen LogP) is 2.79. The first-order valence-corrected chi connectivity index (χ1v) is 12.2. The van der Waals surface area contributed by atoms with Crippen LogP contribution in [0.5, 0.6) is 5.75 Å². The van der Waals surface area contributed by atoms with Crippen molar-refractivity contribution in [2.75, 3.05) is 29.9 Å². The Morgan fingerprint density at radius 2 is 1.84 bits per heavy atom. The summed E-state index contributed by atoms with van der Waals surface area (Å²) in [5, 5.41) is 2.86. The highest BCUT2D eigenvalue weighted by molar-refractivity contribution is 7.89. The summed E-state index contributed by atoms with van der Waals surface area (Å²) >= 11 is 0. The molecule has 0 unspecified atom stereocenters. The standard InChI is InChI=1S/C23H27N3O5S/c1-3-31-22-9-5-4-8-19(22)24-23(28)21-15-17-14-18(10-11-20(17)26(21)16(2)27)32(29,30)25-12-6-7-13-25/h4-5,8-11,14,21H,3,6-7,12-13,15H2,1-2H3,(H,24,28)/t21-/m0/s1. The third-order valence-electron chi connectivity index (χ3n) is 5.82. The Balaban J connectivity index is 1.61. The van der Waals surface area contributed by atoms with Crippen molar-refractivity contribution in [2.45, 2.75) is 44.0 Å². The molecule has 0 spiro atoms. The number of ether oxygens (including phenoxy) is 1. The number of nitrogens with one attached hydrogen (secondary N) is 1. The lowest BCUT2D eigenvalue weighted by Gasteiger charge is -2.24. The number of hydrogen-bond donors (Lipinski definition) is 1. The van der Waals surface area contributed by atoms with E-state index >= 15 is 0 Å². The number of para-hydroxylation sites is 2. The van der Waals surface area contributed by atoms with Gasteiger partial charge in [0.1, 0.15) is 11.8 Å². The molecule has 2 heterocycles. The number of carbonyl (C=O) groups excluding carboxylic acids is 2. The molecule has 0 saturated carbocycles. The lowest BCUT2D eigenvalue weighted by molar-refractivity contribution is -0.122. The quantitative estimate of drug-likeness (QED) is 0.720. The van der Waals surface area contributed by atoms with Gasteiger partial charge in [0.05, 0.1) is 17.2 Å². The molecule has 1 fully saturated rings. The number of anilines is 2. The first-order valence-electron chi connectivity index (χ1n) is 10.8. The van der Waals surface area contributed by atoms with Crippen LogP contribution in [-0.4, -0.2) is 50.3 Å². The molecule has 2 aromatic carbocycles. The SMILES string of the molecule is CCOc1ccccc1NC(=O)[C@@H]1Cc2cc(S(=O)(=O)N3CCCC3)ccc2N1C(C)=O. The number of benzene rings is 2. The van der Waals surface area contributed by atoms with E-state index < -0.39 is 16.1 Å². The monoisotopic (exact) mass is 457 g/mol. The first-order chi connectivity index (χ1) is 15.3. The van der Waals surface area contributed by atoms with E-state index in [0.29, 0.717) is 42.4 Å². The summed E-state index contributed by atoms with van der Waals surface area (Å²) in [5.41, 5.74) is 1.76. The van der Waals surface area contributed by atoms with Crippen molar-refractivity contribution in [1.29, 1.82) is 0 Å². The van der Waals surface area contributed by atoms with E-state index in [0.717, 1.165) is 12.8 Å². The van der Waals surface area contributed by atoms with Crippen molar-refractivity contribution in [3.8, 4) is 5.75 Å². The van der Waals surface area contributed by atoms with Crippen LogP contribution in [0.1, 0.15) is 32.3 Å². The molecule has 8 nitrogen and oxygen atoms in total. The molecule has 0 bridgehead atoms. The minimum absolute atomic E-state index is 0.199. The van der Waals surface area contributed by atoms with Crippen LogP contribution in [0, 0.1) is 0 Å². The fraction of sp³-hybridized carbons (Fsp3) is 0.391. The zero-order valence-corrected chi connectivity index (χ0v) is 19.0. The fourth-order valence-electron chi connectivity index (χ4n) is 4.33. The molecule has 32 heavy (non-hydrogen) atoms. The summed E-state index contributed by atoms with van der Waals surface area (Å²) in [5.74, 6) is -0.0862. The highest BCUT2D eigenvalue weighted by Gasteiger charge is 2.38.